The summed E-state index contributed by atoms with van der Waals surface area (Å²) in [6.07, 6.45) is 5.65. The van der Waals surface area contributed by atoms with E-state index in [0.29, 0.717) is 0 Å². The van der Waals surface area contributed by atoms with E-state index < -0.39 is 0 Å². The Hall–Kier alpha value is -0.606. The molecule has 151 valence electrons. The van der Waals surface area contributed by atoms with Gasteiger partial charge >= 0.3 is 21.7 Å². The van der Waals surface area contributed by atoms with E-state index in [9.17, 15) is 0 Å². The fraction of sp³-hybridized carbons (Fsp3) is 0.391. The number of allylic oxidation sites excluding steroid dienone is 2. The number of rotatable bonds is 3. The van der Waals surface area contributed by atoms with Crippen LogP contribution in [0.25, 0.3) is 16.3 Å². The van der Waals surface area contributed by atoms with Crippen LogP contribution in [0, 0.1) is 11.5 Å². The van der Waals surface area contributed by atoms with Crippen LogP contribution < -0.4 is 24.8 Å². The van der Waals surface area contributed by atoms with Crippen LogP contribution in [-0.2, 0) is 21.7 Å². The molecule has 0 atom stereocenters. The maximum atomic E-state index is 8.40. The van der Waals surface area contributed by atoms with Crippen molar-refractivity contribution in [1.29, 1.82) is 0 Å². The van der Waals surface area contributed by atoms with E-state index in [2.05, 4.69) is 73.6 Å². The van der Waals surface area contributed by atoms with Gasteiger partial charge in [0, 0.05) is 13.2 Å². The van der Waals surface area contributed by atoms with Crippen LogP contribution in [0.4, 0.5) is 0 Å². The SMILES string of the molecule is CC(C)(C)CO.CN(C)CC1=CCC(c2[c-]c3ccccc3cc2)=C1.[Cl-].[Cl-].[Ti+3]. The van der Waals surface area contributed by atoms with Crippen molar-refractivity contribution in [2.45, 2.75) is 27.2 Å². The molecule has 5 heteroatoms. The summed E-state index contributed by atoms with van der Waals surface area (Å²) in [5, 5.41) is 10.9. The van der Waals surface area contributed by atoms with E-state index >= 15 is 0 Å². The molecule has 0 saturated carbocycles. The molecule has 0 spiro atoms. The molecule has 28 heavy (non-hydrogen) atoms. The Kier molecular flexibility index (Phi) is 14.4. The Morgan fingerprint density at radius 2 is 1.64 bits per heavy atom. The van der Waals surface area contributed by atoms with E-state index in [1.807, 2.05) is 20.8 Å². The number of hydrogen-bond donors (Lipinski definition) is 1. The minimum Gasteiger partial charge on any atom is -1.00 e. The summed E-state index contributed by atoms with van der Waals surface area (Å²) >= 11 is 0. The first-order valence-electron chi connectivity index (χ1n) is 8.85. The van der Waals surface area contributed by atoms with Gasteiger partial charge in [0.2, 0.25) is 0 Å². The summed E-state index contributed by atoms with van der Waals surface area (Å²) in [6.45, 7) is 7.26. The number of hydrogen-bond acceptors (Lipinski definition) is 2. The molecule has 0 bridgehead atoms. The molecule has 0 unspecified atom stereocenters. The van der Waals surface area contributed by atoms with Gasteiger partial charge in [-0.2, -0.15) is 0 Å². The van der Waals surface area contributed by atoms with Crippen molar-refractivity contribution >= 4 is 16.3 Å². The van der Waals surface area contributed by atoms with Crippen LogP contribution in [0.3, 0.4) is 0 Å². The second-order valence-electron chi connectivity index (χ2n) is 8.07. The third-order valence-corrected chi connectivity index (χ3v) is 3.92. The first-order valence-corrected chi connectivity index (χ1v) is 8.85. The number of benzene rings is 2. The van der Waals surface area contributed by atoms with Gasteiger partial charge in [0.25, 0.3) is 0 Å². The second-order valence-corrected chi connectivity index (χ2v) is 8.07. The number of likely N-dealkylation sites (N-methyl/N-ethyl adjacent to an activating group) is 1. The number of aliphatic hydroxyl groups excluding tert-OH is 1. The summed E-state index contributed by atoms with van der Waals surface area (Å²) in [5.41, 5.74) is 4.10. The number of aliphatic hydroxyl groups is 1. The van der Waals surface area contributed by atoms with Crippen LogP contribution >= 0.6 is 0 Å². The molecule has 0 heterocycles. The average molecular weight is 455 g/mol. The predicted octanol–water partition coefficient (Wildman–Crippen LogP) is -1.05. The minimum atomic E-state index is 0. The summed E-state index contributed by atoms with van der Waals surface area (Å²) in [4.78, 5) is 2.20. The Morgan fingerprint density at radius 3 is 2.21 bits per heavy atom. The second kappa shape index (κ2) is 13.6. The molecule has 0 amide bonds. The molecule has 2 nitrogen and oxygen atoms in total. The smallest absolute Gasteiger partial charge is 1.00 e. The molecule has 1 aliphatic rings. The maximum Gasteiger partial charge on any atom is 3.00 e. The normalized spacial score (nSPS) is 12.7. The predicted molar refractivity (Wildman–Crippen MR) is 109 cm³/mol. The van der Waals surface area contributed by atoms with Gasteiger partial charge in [-0.25, -0.2) is 0 Å². The molecule has 0 aromatic heterocycles. The standard InChI is InChI=1S/C18H18N.C5H12O.2ClH.Ti/c1-19(2)13-14-7-8-17(11-14)18-10-9-15-5-3-4-6-16(15)12-18;1-5(2,3)4-6;;;/h3-7,9-11H,8,13H2,1-2H3;6H,4H2,1-3H3;2*1H;/q-1;;;;+3/p-2. The molecule has 1 N–H and O–H groups in total. The third-order valence-electron chi connectivity index (χ3n) is 3.92. The van der Waals surface area contributed by atoms with Crippen LogP contribution in [0.15, 0.2) is 54.1 Å². The van der Waals surface area contributed by atoms with Gasteiger partial charge in [0.05, 0.1) is 0 Å². The summed E-state index contributed by atoms with van der Waals surface area (Å²) in [6, 6.07) is 16.3. The van der Waals surface area contributed by atoms with Gasteiger partial charge in [0.15, 0.2) is 0 Å². The minimum absolute atomic E-state index is 0. The van der Waals surface area contributed by atoms with Gasteiger partial charge in [-0.15, -0.1) is 40.8 Å². The number of fused-ring (bicyclic) bond motifs is 1. The van der Waals surface area contributed by atoms with Gasteiger partial charge in [0.1, 0.15) is 0 Å². The third kappa shape index (κ3) is 9.74. The van der Waals surface area contributed by atoms with Crippen molar-refractivity contribution < 1.29 is 51.6 Å². The number of halogens is 2. The number of nitrogens with zero attached hydrogens (tertiary/aromatic N) is 1. The van der Waals surface area contributed by atoms with Gasteiger partial charge in [-0.05, 0) is 31.5 Å². The van der Waals surface area contributed by atoms with Gasteiger partial charge in [-0.1, -0.05) is 56.5 Å². The molecule has 1 radical (unpaired) electrons. The fourth-order valence-electron chi connectivity index (χ4n) is 2.55. The fourth-order valence-corrected chi connectivity index (χ4v) is 2.55. The largest absolute Gasteiger partial charge is 3.00 e. The van der Waals surface area contributed by atoms with Crippen molar-refractivity contribution in [2.75, 3.05) is 27.2 Å². The monoisotopic (exact) mass is 454 g/mol. The van der Waals surface area contributed by atoms with Crippen molar-refractivity contribution in [2.24, 2.45) is 5.41 Å². The molecule has 2 aromatic rings. The van der Waals surface area contributed by atoms with E-state index in [-0.39, 0.29) is 58.6 Å². The molecule has 1 aliphatic carbocycles. The molecule has 0 saturated heterocycles. The van der Waals surface area contributed by atoms with Gasteiger partial charge in [-0.3, -0.25) is 0 Å². The molecule has 2 aromatic carbocycles. The summed E-state index contributed by atoms with van der Waals surface area (Å²) in [7, 11) is 4.21. The molecular weight excluding hydrogens is 425 g/mol. The maximum absolute atomic E-state index is 8.40. The first kappa shape index (κ1) is 29.6. The van der Waals surface area contributed by atoms with Crippen LogP contribution in [0.1, 0.15) is 32.8 Å². The van der Waals surface area contributed by atoms with Gasteiger partial charge < -0.3 is 34.8 Å². The Bertz CT molecular complexity index is 780. The first-order chi connectivity index (χ1) is 11.8. The average Bonchev–Trinajstić information content (AvgIpc) is 3.02. The van der Waals surface area contributed by atoms with Crippen LogP contribution in [0.5, 0.6) is 0 Å². The molecular formula is C23H30Cl2NOTi. The Balaban J connectivity index is 0. The van der Waals surface area contributed by atoms with Crippen LogP contribution in [-0.4, -0.2) is 37.3 Å². The summed E-state index contributed by atoms with van der Waals surface area (Å²) in [5.74, 6) is 0. The van der Waals surface area contributed by atoms with Crippen molar-refractivity contribution in [3.63, 3.8) is 0 Å². The van der Waals surface area contributed by atoms with E-state index in [4.69, 9.17) is 5.11 Å². The summed E-state index contributed by atoms with van der Waals surface area (Å²) < 4.78 is 0. The zero-order chi connectivity index (χ0) is 18.4. The van der Waals surface area contributed by atoms with Crippen molar-refractivity contribution in [3.05, 3.63) is 65.8 Å². The van der Waals surface area contributed by atoms with E-state index in [0.717, 1.165) is 13.0 Å². The van der Waals surface area contributed by atoms with Crippen molar-refractivity contribution in [1.82, 2.24) is 4.90 Å². The molecule has 0 aliphatic heterocycles. The topological polar surface area (TPSA) is 23.5 Å². The zero-order valence-electron chi connectivity index (χ0n) is 17.4. The van der Waals surface area contributed by atoms with Crippen LogP contribution in [0.2, 0.25) is 0 Å². The molecule has 3 rings (SSSR count). The Morgan fingerprint density at radius 1 is 1.04 bits per heavy atom. The Labute approximate surface area is 197 Å². The molecule has 0 fully saturated rings. The van der Waals surface area contributed by atoms with E-state index in [1.165, 1.54) is 27.5 Å². The van der Waals surface area contributed by atoms with E-state index in [1.54, 1.807) is 0 Å². The zero-order valence-corrected chi connectivity index (χ0v) is 20.5. The quantitative estimate of drug-likeness (QED) is 0.472. The van der Waals surface area contributed by atoms with Crippen molar-refractivity contribution in [3.8, 4) is 0 Å².